The topological polar surface area (TPSA) is 87.9 Å². The van der Waals surface area contributed by atoms with Crippen LogP contribution in [0.25, 0.3) is 0 Å². The van der Waals surface area contributed by atoms with E-state index in [0.717, 1.165) is 56.0 Å². The zero-order valence-electron chi connectivity index (χ0n) is 18.1. The molecular formula is C24H32N4O3. The van der Waals surface area contributed by atoms with E-state index in [4.69, 9.17) is 10.5 Å². The lowest BCUT2D eigenvalue weighted by Crippen LogP contribution is -2.45. The number of likely N-dealkylation sites (N-methyl/N-ethyl adjacent to an activating group) is 1. The molecule has 7 heteroatoms. The van der Waals surface area contributed by atoms with Crippen LogP contribution in [0.4, 0.5) is 0 Å². The van der Waals surface area contributed by atoms with Gasteiger partial charge in [0.15, 0.2) is 0 Å². The number of primary amides is 1. The van der Waals surface area contributed by atoms with Gasteiger partial charge in [0.1, 0.15) is 6.04 Å². The summed E-state index contributed by atoms with van der Waals surface area (Å²) in [6.45, 7) is 4.61. The van der Waals surface area contributed by atoms with Crippen LogP contribution in [0, 0.1) is 0 Å². The third-order valence-corrected chi connectivity index (χ3v) is 5.58. The molecule has 1 aliphatic heterocycles. The van der Waals surface area contributed by atoms with E-state index in [2.05, 4.69) is 10.2 Å². The minimum atomic E-state index is -0.832. The van der Waals surface area contributed by atoms with Gasteiger partial charge in [-0.3, -0.25) is 14.5 Å². The number of carbonyl (C=O) groups excluding carboxylic acids is 2. The summed E-state index contributed by atoms with van der Waals surface area (Å²) in [6.07, 6.45) is 0.777. The molecule has 2 aromatic carbocycles. The van der Waals surface area contributed by atoms with Crippen molar-refractivity contribution in [1.29, 1.82) is 0 Å². The molecule has 1 fully saturated rings. The molecule has 1 aliphatic rings. The highest BCUT2D eigenvalue weighted by Crippen LogP contribution is 2.27. The van der Waals surface area contributed by atoms with Gasteiger partial charge in [-0.2, -0.15) is 0 Å². The summed E-state index contributed by atoms with van der Waals surface area (Å²) < 4.78 is 5.43. The number of hydrogen-bond donors (Lipinski definition) is 2. The van der Waals surface area contributed by atoms with E-state index in [1.807, 2.05) is 54.6 Å². The van der Waals surface area contributed by atoms with Crippen LogP contribution < -0.4 is 11.1 Å². The first kappa shape index (κ1) is 22.9. The summed E-state index contributed by atoms with van der Waals surface area (Å²) in [4.78, 5) is 29.6. The minimum Gasteiger partial charge on any atom is -0.379 e. The third-order valence-electron chi connectivity index (χ3n) is 5.58. The number of rotatable bonds is 10. The first-order chi connectivity index (χ1) is 15.1. The van der Waals surface area contributed by atoms with Crippen LogP contribution in [-0.4, -0.2) is 68.1 Å². The molecule has 2 aromatic rings. The van der Waals surface area contributed by atoms with Crippen molar-refractivity contribution >= 4 is 11.8 Å². The second-order valence-electron chi connectivity index (χ2n) is 7.75. The molecule has 1 unspecified atom stereocenters. The van der Waals surface area contributed by atoms with Crippen molar-refractivity contribution in [2.75, 3.05) is 46.4 Å². The normalized spacial score (nSPS) is 15.4. The Labute approximate surface area is 184 Å². The first-order valence-corrected chi connectivity index (χ1v) is 10.8. The van der Waals surface area contributed by atoms with Gasteiger partial charge in [0, 0.05) is 26.2 Å². The van der Waals surface area contributed by atoms with Gasteiger partial charge in [-0.15, -0.1) is 0 Å². The van der Waals surface area contributed by atoms with Gasteiger partial charge in [-0.05, 0) is 30.2 Å². The lowest BCUT2D eigenvalue weighted by atomic mass is 9.95. The van der Waals surface area contributed by atoms with Gasteiger partial charge >= 0.3 is 0 Å². The van der Waals surface area contributed by atoms with E-state index >= 15 is 0 Å². The summed E-state index contributed by atoms with van der Waals surface area (Å²) in [7, 11) is 1.72. The highest BCUT2D eigenvalue weighted by Gasteiger charge is 2.31. The largest absolute Gasteiger partial charge is 0.379 e. The molecule has 1 heterocycles. The monoisotopic (exact) mass is 424 g/mol. The van der Waals surface area contributed by atoms with Crippen LogP contribution in [0.3, 0.4) is 0 Å². The summed E-state index contributed by atoms with van der Waals surface area (Å²) in [5.41, 5.74) is 8.66. The van der Waals surface area contributed by atoms with Crippen molar-refractivity contribution < 1.29 is 14.3 Å². The van der Waals surface area contributed by atoms with E-state index in [9.17, 15) is 9.59 Å². The molecule has 2 amide bonds. The quantitative estimate of drug-likeness (QED) is 0.601. The molecule has 0 aliphatic carbocycles. The predicted octanol–water partition coefficient (Wildman–Crippen LogP) is 1.34. The molecular weight excluding hydrogens is 392 g/mol. The Kier molecular flexibility index (Phi) is 8.58. The highest BCUT2D eigenvalue weighted by atomic mass is 16.5. The standard InChI is InChI=1S/C24H32N4O3/c1-26-17-22(29)28(18-19-7-3-2-4-8-19)23(24(25)30)21-10-6-5-9-20(21)11-12-27-13-15-31-16-14-27/h2-10,23,26H,11-18H2,1H3,(H2,25,30). The fourth-order valence-corrected chi connectivity index (χ4v) is 3.96. The molecule has 0 aromatic heterocycles. The van der Waals surface area contributed by atoms with Crippen LogP contribution in [0.5, 0.6) is 0 Å². The zero-order chi connectivity index (χ0) is 22.1. The van der Waals surface area contributed by atoms with Crippen molar-refractivity contribution in [2.24, 2.45) is 5.73 Å². The fourth-order valence-electron chi connectivity index (χ4n) is 3.96. The number of carbonyl (C=O) groups is 2. The number of nitrogens with one attached hydrogen (secondary N) is 1. The summed E-state index contributed by atoms with van der Waals surface area (Å²) in [6, 6.07) is 16.6. The average molecular weight is 425 g/mol. The summed E-state index contributed by atoms with van der Waals surface area (Å²) in [5, 5.41) is 2.90. The number of benzene rings is 2. The predicted molar refractivity (Wildman–Crippen MR) is 120 cm³/mol. The molecule has 1 atom stereocenters. The number of ether oxygens (including phenoxy) is 1. The highest BCUT2D eigenvalue weighted by molar-refractivity contribution is 5.88. The molecule has 166 valence electrons. The van der Waals surface area contributed by atoms with Gasteiger partial charge in [0.05, 0.1) is 19.8 Å². The number of hydrogen-bond acceptors (Lipinski definition) is 5. The minimum absolute atomic E-state index is 0.132. The zero-order valence-corrected chi connectivity index (χ0v) is 18.1. The van der Waals surface area contributed by atoms with E-state index in [-0.39, 0.29) is 12.5 Å². The number of nitrogens with two attached hydrogens (primary N) is 1. The van der Waals surface area contributed by atoms with E-state index in [1.54, 1.807) is 11.9 Å². The molecule has 3 rings (SSSR count). The van der Waals surface area contributed by atoms with Crippen LogP contribution >= 0.6 is 0 Å². The van der Waals surface area contributed by atoms with Crippen LogP contribution in [0.1, 0.15) is 22.7 Å². The fraction of sp³-hybridized carbons (Fsp3) is 0.417. The van der Waals surface area contributed by atoms with Gasteiger partial charge in [0.25, 0.3) is 0 Å². The van der Waals surface area contributed by atoms with Crippen molar-refractivity contribution in [2.45, 2.75) is 19.0 Å². The Bertz CT molecular complexity index is 853. The van der Waals surface area contributed by atoms with Crippen molar-refractivity contribution in [1.82, 2.24) is 15.1 Å². The number of nitrogens with zero attached hydrogens (tertiary/aromatic N) is 2. The van der Waals surface area contributed by atoms with Crippen molar-refractivity contribution in [3.05, 3.63) is 71.3 Å². The molecule has 7 nitrogen and oxygen atoms in total. The van der Waals surface area contributed by atoms with Crippen LogP contribution in [0.2, 0.25) is 0 Å². The SMILES string of the molecule is CNCC(=O)N(Cc1ccccc1)C(C(N)=O)c1ccccc1CCN1CCOCC1. The number of amides is 2. The molecule has 0 bridgehead atoms. The van der Waals surface area contributed by atoms with E-state index in [0.29, 0.717) is 6.54 Å². The Morgan fingerprint density at radius 2 is 1.77 bits per heavy atom. The first-order valence-electron chi connectivity index (χ1n) is 10.8. The third kappa shape index (κ3) is 6.37. The Balaban J connectivity index is 1.88. The molecule has 1 saturated heterocycles. The van der Waals surface area contributed by atoms with Gasteiger partial charge < -0.3 is 20.7 Å². The van der Waals surface area contributed by atoms with E-state index in [1.165, 1.54) is 0 Å². The molecule has 0 radical (unpaired) electrons. The second-order valence-corrected chi connectivity index (χ2v) is 7.75. The molecule has 0 saturated carbocycles. The summed E-state index contributed by atoms with van der Waals surface area (Å²) >= 11 is 0. The second kappa shape index (κ2) is 11.6. The maximum Gasteiger partial charge on any atom is 0.244 e. The Morgan fingerprint density at radius 3 is 2.45 bits per heavy atom. The van der Waals surface area contributed by atoms with Crippen molar-refractivity contribution in [3.8, 4) is 0 Å². The molecule has 0 spiro atoms. The number of morpholine rings is 1. The van der Waals surface area contributed by atoms with Gasteiger partial charge in [-0.1, -0.05) is 54.6 Å². The Hall–Kier alpha value is -2.74. The van der Waals surface area contributed by atoms with Crippen LogP contribution in [-0.2, 0) is 27.3 Å². The maximum atomic E-state index is 13.0. The lowest BCUT2D eigenvalue weighted by Gasteiger charge is -2.32. The van der Waals surface area contributed by atoms with Gasteiger partial charge in [-0.25, -0.2) is 0 Å². The maximum absolute atomic E-state index is 13.0. The lowest BCUT2D eigenvalue weighted by molar-refractivity contribution is -0.139. The summed E-state index contributed by atoms with van der Waals surface area (Å²) in [5.74, 6) is -0.697. The smallest absolute Gasteiger partial charge is 0.244 e. The molecule has 3 N–H and O–H groups in total. The van der Waals surface area contributed by atoms with Crippen molar-refractivity contribution in [3.63, 3.8) is 0 Å². The van der Waals surface area contributed by atoms with Crippen LogP contribution in [0.15, 0.2) is 54.6 Å². The molecule has 31 heavy (non-hydrogen) atoms. The van der Waals surface area contributed by atoms with Gasteiger partial charge in [0.2, 0.25) is 11.8 Å². The average Bonchev–Trinajstić information content (AvgIpc) is 2.79. The van der Waals surface area contributed by atoms with E-state index < -0.39 is 11.9 Å². The Morgan fingerprint density at radius 1 is 1.10 bits per heavy atom.